The molecule has 0 aliphatic rings. The fourth-order valence-electron chi connectivity index (χ4n) is 2.87. The van der Waals surface area contributed by atoms with Gasteiger partial charge in [-0.15, -0.1) is 0 Å². The van der Waals surface area contributed by atoms with Gasteiger partial charge < -0.3 is 0 Å². The maximum atomic E-state index is 2.41. The molecular formula is C18H24Ge. The summed E-state index contributed by atoms with van der Waals surface area (Å²) in [4.78, 5) is 0. The Kier molecular flexibility index (Phi) is 5.27. The van der Waals surface area contributed by atoms with Crippen molar-refractivity contribution in [2.24, 2.45) is 0 Å². The van der Waals surface area contributed by atoms with Crippen LogP contribution < -0.4 is 0 Å². The van der Waals surface area contributed by atoms with Gasteiger partial charge in [0.05, 0.1) is 0 Å². The van der Waals surface area contributed by atoms with Crippen molar-refractivity contribution in [2.75, 3.05) is 0 Å². The second-order valence-electron chi connectivity index (χ2n) is 5.53. The van der Waals surface area contributed by atoms with Gasteiger partial charge in [-0.1, -0.05) is 0 Å². The first-order valence-corrected chi connectivity index (χ1v) is 13.3. The van der Waals surface area contributed by atoms with Crippen molar-refractivity contribution < 1.29 is 0 Å². The molecule has 100 valence electrons. The van der Waals surface area contributed by atoms with Gasteiger partial charge in [0.2, 0.25) is 0 Å². The summed E-state index contributed by atoms with van der Waals surface area (Å²) in [7, 11) is 0. The van der Waals surface area contributed by atoms with Crippen molar-refractivity contribution in [3.63, 3.8) is 0 Å². The Morgan fingerprint density at radius 3 is 1.32 bits per heavy atom. The van der Waals surface area contributed by atoms with Crippen LogP contribution in [0.4, 0.5) is 0 Å². The van der Waals surface area contributed by atoms with E-state index in [2.05, 4.69) is 74.5 Å². The predicted octanol–water partition coefficient (Wildman–Crippen LogP) is 5.04. The van der Waals surface area contributed by atoms with E-state index in [-0.39, 0.29) is 0 Å². The molecule has 1 heteroatoms. The third-order valence-electron chi connectivity index (χ3n) is 4.34. The van der Waals surface area contributed by atoms with E-state index in [9.17, 15) is 0 Å². The molecule has 0 bridgehead atoms. The van der Waals surface area contributed by atoms with E-state index < -0.39 is 13.3 Å². The van der Waals surface area contributed by atoms with Crippen LogP contribution in [0.15, 0.2) is 60.7 Å². The van der Waals surface area contributed by atoms with Gasteiger partial charge in [0.1, 0.15) is 0 Å². The molecule has 19 heavy (non-hydrogen) atoms. The van der Waals surface area contributed by atoms with Gasteiger partial charge in [0.25, 0.3) is 0 Å². The first-order valence-electron chi connectivity index (χ1n) is 7.36. The Bertz CT molecular complexity index is 428. The van der Waals surface area contributed by atoms with Crippen LogP contribution in [-0.4, -0.2) is 13.3 Å². The summed E-state index contributed by atoms with van der Waals surface area (Å²) in [6.45, 7) is 4.82. The van der Waals surface area contributed by atoms with Crippen LogP contribution >= 0.6 is 0 Å². The third kappa shape index (κ3) is 3.97. The first kappa shape index (κ1) is 14.4. The zero-order valence-electron chi connectivity index (χ0n) is 12.1. The average Bonchev–Trinajstić information content (AvgIpc) is 2.48. The van der Waals surface area contributed by atoms with Crippen LogP contribution in [0.1, 0.15) is 25.0 Å². The average molecular weight is 313 g/mol. The summed E-state index contributed by atoms with van der Waals surface area (Å²) in [5.41, 5.74) is 3.09. The third-order valence-corrected chi connectivity index (χ3v) is 15.5. The van der Waals surface area contributed by atoms with Gasteiger partial charge in [-0.2, -0.15) is 0 Å². The Morgan fingerprint density at radius 2 is 1.00 bits per heavy atom. The van der Waals surface area contributed by atoms with Crippen molar-refractivity contribution in [3.05, 3.63) is 71.8 Å². The molecule has 0 atom stereocenters. The van der Waals surface area contributed by atoms with Crippen LogP contribution in [0.25, 0.3) is 0 Å². The molecule has 0 fully saturated rings. The SMILES string of the molecule is C[CH2][Ge]([CH2]C)([CH2]c1ccccc1)[CH2]c1ccccc1. The van der Waals surface area contributed by atoms with Crippen LogP contribution in [0.2, 0.25) is 10.5 Å². The molecule has 0 aromatic heterocycles. The fraction of sp³-hybridized carbons (Fsp3) is 0.333. The first-order chi connectivity index (χ1) is 9.28. The topological polar surface area (TPSA) is 0 Å². The molecule has 0 radical (unpaired) electrons. The molecule has 0 saturated heterocycles. The van der Waals surface area contributed by atoms with Gasteiger partial charge in [-0.3, -0.25) is 0 Å². The van der Waals surface area contributed by atoms with Crippen molar-refractivity contribution >= 4 is 13.3 Å². The summed E-state index contributed by atoms with van der Waals surface area (Å²) in [6.07, 6.45) is 0. The Morgan fingerprint density at radius 1 is 0.632 bits per heavy atom. The molecule has 0 N–H and O–H groups in total. The molecule has 0 saturated carbocycles. The molecular weight excluding hydrogens is 289 g/mol. The summed E-state index contributed by atoms with van der Waals surface area (Å²) in [5, 5.41) is 5.56. The summed E-state index contributed by atoms with van der Waals surface area (Å²) >= 11 is -1.79. The molecule has 0 aliphatic heterocycles. The number of benzene rings is 2. The minimum absolute atomic E-state index is 1.36. The number of hydrogen-bond donors (Lipinski definition) is 0. The molecule has 0 unspecified atom stereocenters. The van der Waals surface area contributed by atoms with Gasteiger partial charge in [0.15, 0.2) is 0 Å². The van der Waals surface area contributed by atoms with Crippen molar-refractivity contribution in [1.29, 1.82) is 0 Å². The van der Waals surface area contributed by atoms with Gasteiger partial charge in [-0.25, -0.2) is 0 Å². The van der Waals surface area contributed by atoms with Crippen molar-refractivity contribution in [2.45, 2.75) is 34.9 Å². The molecule has 0 heterocycles. The predicted molar refractivity (Wildman–Crippen MR) is 87.0 cm³/mol. The molecule has 0 spiro atoms. The standard InChI is InChI=1S/C18H24Ge/c1-3-19(4-2,15-17-11-7-5-8-12-17)16-18-13-9-6-10-14-18/h5-14H,3-4,15-16H2,1-2H3. The molecule has 2 rings (SSSR count). The normalized spacial score (nSPS) is 11.5. The van der Waals surface area contributed by atoms with Gasteiger partial charge in [-0.05, 0) is 0 Å². The van der Waals surface area contributed by atoms with Crippen molar-refractivity contribution in [1.82, 2.24) is 0 Å². The second-order valence-corrected chi connectivity index (χ2v) is 16.3. The van der Waals surface area contributed by atoms with Crippen LogP contribution in [0.5, 0.6) is 0 Å². The second kappa shape index (κ2) is 6.95. The molecule has 2 aromatic carbocycles. The van der Waals surface area contributed by atoms with E-state index >= 15 is 0 Å². The molecule has 0 nitrogen and oxygen atoms in total. The fourth-order valence-corrected chi connectivity index (χ4v) is 10.9. The number of rotatable bonds is 6. The summed E-state index contributed by atoms with van der Waals surface area (Å²) < 4.78 is 0. The van der Waals surface area contributed by atoms with E-state index in [1.807, 2.05) is 0 Å². The summed E-state index contributed by atoms with van der Waals surface area (Å²) in [6, 6.07) is 22.2. The van der Waals surface area contributed by atoms with E-state index in [0.29, 0.717) is 0 Å². The molecule has 2 aromatic rings. The van der Waals surface area contributed by atoms with Crippen LogP contribution in [-0.2, 0) is 10.5 Å². The van der Waals surface area contributed by atoms with Crippen molar-refractivity contribution in [3.8, 4) is 0 Å². The van der Waals surface area contributed by atoms with Crippen LogP contribution in [0, 0.1) is 0 Å². The van der Waals surface area contributed by atoms with E-state index in [0.717, 1.165) is 0 Å². The van der Waals surface area contributed by atoms with Gasteiger partial charge >= 0.3 is 120 Å². The van der Waals surface area contributed by atoms with E-state index in [1.165, 1.54) is 21.0 Å². The molecule has 0 aliphatic carbocycles. The van der Waals surface area contributed by atoms with E-state index in [1.54, 1.807) is 11.1 Å². The quantitative estimate of drug-likeness (QED) is 0.656. The zero-order valence-corrected chi connectivity index (χ0v) is 14.2. The minimum atomic E-state index is -1.79. The summed E-state index contributed by atoms with van der Waals surface area (Å²) in [5.74, 6) is 0. The monoisotopic (exact) mass is 314 g/mol. The van der Waals surface area contributed by atoms with Crippen LogP contribution in [0.3, 0.4) is 0 Å². The Hall–Kier alpha value is -1.02. The number of hydrogen-bond acceptors (Lipinski definition) is 0. The Labute approximate surface area is 120 Å². The zero-order chi connectivity index (χ0) is 13.6. The van der Waals surface area contributed by atoms with Gasteiger partial charge in [0, 0.05) is 0 Å². The Balaban J connectivity index is 2.18. The maximum absolute atomic E-state index is 2.41. The van der Waals surface area contributed by atoms with E-state index in [4.69, 9.17) is 0 Å². The molecule has 0 amide bonds.